The van der Waals surface area contributed by atoms with Gasteiger partial charge in [-0.05, 0) is 36.4 Å². The van der Waals surface area contributed by atoms with Crippen molar-refractivity contribution in [3.63, 3.8) is 0 Å². The summed E-state index contributed by atoms with van der Waals surface area (Å²) in [6.45, 7) is 0. The number of carbonyl (C=O) groups is 1. The highest BCUT2D eigenvalue weighted by atomic mass is 32.1. The molecule has 6 nitrogen and oxygen atoms in total. The van der Waals surface area contributed by atoms with Crippen LogP contribution in [0.4, 0.5) is 5.13 Å². The van der Waals surface area contributed by atoms with Gasteiger partial charge in [-0.3, -0.25) is 15.1 Å². The molecule has 1 aromatic carbocycles. The lowest BCUT2D eigenvalue weighted by Gasteiger charge is -1.98. The zero-order valence-electron chi connectivity index (χ0n) is 14.3. The molecule has 0 unspecified atom stereocenters. The fourth-order valence-corrected chi connectivity index (χ4v) is 4.33. The first kappa shape index (κ1) is 16.8. The van der Waals surface area contributed by atoms with Crippen molar-refractivity contribution >= 4 is 43.9 Å². The van der Waals surface area contributed by atoms with Gasteiger partial charge in [-0.1, -0.05) is 12.1 Å². The Morgan fingerprint density at radius 1 is 1.04 bits per heavy atom. The van der Waals surface area contributed by atoms with E-state index in [4.69, 9.17) is 4.42 Å². The van der Waals surface area contributed by atoms with E-state index in [0.717, 1.165) is 26.5 Å². The number of nitrogens with zero attached hydrogens (tertiary/aromatic N) is 3. The Bertz CT molecular complexity index is 1240. The second-order valence-electron chi connectivity index (χ2n) is 5.88. The Hall–Kier alpha value is -3.36. The van der Waals surface area contributed by atoms with Crippen molar-refractivity contribution in [2.24, 2.45) is 0 Å². The molecule has 0 saturated carbocycles. The first-order valence-corrected chi connectivity index (χ1v) is 10.1. The van der Waals surface area contributed by atoms with Crippen LogP contribution in [0.25, 0.3) is 32.2 Å². The van der Waals surface area contributed by atoms with Crippen LogP contribution >= 0.6 is 22.7 Å². The minimum absolute atomic E-state index is 0.215. The Labute approximate surface area is 167 Å². The molecule has 0 saturated heterocycles. The number of pyridine rings is 1. The summed E-state index contributed by atoms with van der Waals surface area (Å²) in [5, 5.41) is 5.90. The van der Waals surface area contributed by atoms with Gasteiger partial charge in [0.2, 0.25) is 0 Å². The van der Waals surface area contributed by atoms with Gasteiger partial charge in [0, 0.05) is 23.3 Å². The highest BCUT2D eigenvalue weighted by Crippen LogP contribution is 2.31. The lowest BCUT2D eigenvalue weighted by Crippen LogP contribution is -2.10. The number of nitrogens with one attached hydrogen (secondary N) is 1. The normalized spacial score (nSPS) is 11.0. The van der Waals surface area contributed by atoms with E-state index >= 15 is 0 Å². The second kappa shape index (κ2) is 6.99. The summed E-state index contributed by atoms with van der Waals surface area (Å²) in [6.07, 6.45) is 3.44. The summed E-state index contributed by atoms with van der Waals surface area (Å²) in [5.41, 5.74) is 2.58. The third kappa shape index (κ3) is 3.19. The molecule has 136 valence electrons. The molecule has 0 aliphatic rings. The minimum Gasteiger partial charge on any atom is -0.448 e. The van der Waals surface area contributed by atoms with E-state index < -0.39 is 0 Å². The van der Waals surface area contributed by atoms with E-state index in [1.54, 1.807) is 24.5 Å². The molecule has 8 heteroatoms. The number of benzene rings is 1. The number of hydrogen-bond donors (Lipinski definition) is 1. The third-order valence-electron chi connectivity index (χ3n) is 4.02. The lowest BCUT2D eigenvalue weighted by molar-refractivity contribution is 0.0997. The van der Waals surface area contributed by atoms with E-state index in [2.05, 4.69) is 20.3 Å². The van der Waals surface area contributed by atoms with E-state index in [-0.39, 0.29) is 11.7 Å². The number of para-hydroxylation sites is 1. The van der Waals surface area contributed by atoms with Gasteiger partial charge in [0.15, 0.2) is 21.7 Å². The summed E-state index contributed by atoms with van der Waals surface area (Å²) >= 11 is 2.88. The van der Waals surface area contributed by atoms with Gasteiger partial charge in [0.05, 0.1) is 15.9 Å². The molecule has 5 rings (SSSR count). The van der Waals surface area contributed by atoms with Gasteiger partial charge in [-0.2, -0.15) is 0 Å². The molecule has 28 heavy (non-hydrogen) atoms. The van der Waals surface area contributed by atoms with E-state index in [0.29, 0.717) is 10.9 Å². The largest absolute Gasteiger partial charge is 0.448 e. The Balaban J connectivity index is 1.34. The molecule has 4 heterocycles. The smallest absolute Gasteiger partial charge is 0.293 e. The molecule has 0 spiro atoms. The fourth-order valence-electron chi connectivity index (χ4n) is 2.69. The molecule has 1 amide bonds. The standard InChI is InChI=1S/C20H12N4O2S2/c25-18(24-20-23-14(11-27-20)12-4-3-9-21-10-12)15-7-8-16(26-15)19-22-13-5-1-2-6-17(13)28-19/h1-11H,(H,23,24,25). The average molecular weight is 404 g/mol. The van der Waals surface area contributed by atoms with Gasteiger partial charge in [0.25, 0.3) is 5.91 Å². The number of rotatable bonds is 4. The van der Waals surface area contributed by atoms with Gasteiger partial charge in [-0.25, -0.2) is 9.97 Å². The number of thiazole rings is 2. The second-order valence-corrected chi connectivity index (χ2v) is 7.77. The molecular weight excluding hydrogens is 392 g/mol. The summed E-state index contributed by atoms with van der Waals surface area (Å²) in [4.78, 5) is 25.6. The molecule has 4 aromatic heterocycles. The lowest BCUT2D eigenvalue weighted by atomic mass is 10.2. The van der Waals surface area contributed by atoms with Crippen molar-refractivity contribution in [2.75, 3.05) is 5.32 Å². The number of furan rings is 1. The molecule has 0 fully saturated rings. The maximum absolute atomic E-state index is 12.5. The van der Waals surface area contributed by atoms with Crippen LogP contribution in [0.3, 0.4) is 0 Å². The third-order valence-corrected chi connectivity index (χ3v) is 5.83. The number of fused-ring (bicyclic) bond motifs is 1. The van der Waals surface area contributed by atoms with Crippen molar-refractivity contribution in [2.45, 2.75) is 0 Å². The van der Waals surface area contributed by atoms with E-state index in [1.807, 2.05) is 41.8 Å². The maximum Gasteiger partial charge on any atom is 0.293 e. The summed E-state index contributed by atoms with van der Waals surface area (Å²) < 4.78 is 6.80. The van der Waals surface area contributed by atoms with Gasteiger partial charge in [-0.15, -0.1) is 22.7 Å². The number of hydrogen-bond acceptors (Lipinski definition) is 7. The minimum atomic E-state index is -0.348. The van der Waals surface area contributed by atoms with Crippen molar-refractivity contribution in [3.05, 3.63) is 72.1 Å². The molecular formula is C20H12N4O2S2. The highest BCUT2D eigenvalue weighted by molar-refractivity contribution is 7.21. The maximum atomic E-state index is 12.5. The first-order chi connectivity index (χ1) is 13.8. The molecule has 5 aromatic rings. The molecule has 0 atom stereocenters. The van der Waals surface area contributed by atoms with Crippen molar-refractivity contribution in [1.29, 1.82) is 0 Å². The van der Waals surface area contributed by atoms with Crippen molar-refractivity contribution in [3.8, 4) is 22.0 Å². The predicted molar refractivity (Wildman–Crippen MR) is 111 cm³/mol. The van der Waals surface area contributed by atoms with Crippen LogP contribution < -0.4 is 5.32 Å². The SMILES string of the molecule is O=C(Nc1nc(-c2cccnc2)cs1)c1ccc(-c2nc3ccccc3s2)o1. The van der Waals surface area contributed by atoms with Crippen molar-refractivity contribution in [1.82, 2.24) is 15.0 Å². The Kier molecular flexibility index (Phi) is 4.19. The number of carbonyl (C=O) groups excluding carboxylic acids is 1. The van der Waals surface area contributed by atoms with Crippen LogP contribution in [0.2, 0.25) is 0 Å². The zero-order chi connectivity index (χ0) is 18.9. The zero-order valence-corrected chi connectivity index (χ0v) is 16.0. The summed E-state index contributed by atoms with van der Waals surface area (Å²) in [5.74, 6) is 0.438. The van der Waals surface area contributed by atoms with Gasteiger partial charge >= 0.3 is 0 Å². The average Bonchev–Trinajstić information content (AvgIpc) is 3.47. The topological polar surface area (TPSA) is 80.9 Å². The van der Waals surface area contributed by atoms with Crippen LogP contribution in [0, 0.1) is 0 Å². The fraction of sp³-hybridized carbons (Fsp3) is 0. The summed E-state index contributed by atoms with van der Waals surface area (Å²) in [6, 6.07) is 15.1. The first-order valence-electron chi connectivity index (χ1n) is 8.39. The highest BCUT2D eigenvalue weighted by Gasteiger charge is 2.16. The summed E-state index contributed by atoms with van der Waals surface area (Å²) in [7, 11) is 0. The van der Waals surface area contributed by atoms with Crippen LogP contribution in [-0.4, -0.2) is 20.9 Å². The van der Waals surface area contributed by atoms with Crippen LogP contribution in [0.15, 0.2) is 70.7 Å². The van der Waals surface area contributed by atoms with Crippen LogP contribution in [-0.2, 0) is 0 Å². The van der Waals surface area contributed by atoms with Gasteiger partial charge < -0.3 is 4.42 Å². The van der Waals surface area contributed by atoms with Crippen LogP contribution in [0.5, 0.6) is 0 Å². The quantitative estimate of drug-likeness (QED) is 0.438. The Morgan fingerprint density at radius 3 is 2.82 bits per heavy atom. The molecule has 1 N–H and O–H groups in total. The molecule has 0 radical (unpaired) electrons. The monoisotopic (exact) mass is 404 g/mol. The molecule has 0 aliphatic carbocycles. The number of amides is 1. The number of anilines is 1. The van der Waals surface area contributed by atoms with Crippen LogP contribution in [0.1, 0.15) is 10.6 Å². The molecule has 0 aliphatic heterocycles. The Morgan fingerprint density at radius 2 is 1.96 bits per heavy atom. The van der Waals surface area contributed by atoms with Gasteiger partial charge in [0.1, 0.15) is 0 Å². The van der Waals surface area contributed by atoms with E-state index in [1.165, 1.54) is 22.7 Å². The molecule has 0 bridgehead atoms. The number of aromatic nitrogens is 3. The predicted octanol–water partition coefficient (Wildman–Crippen LogP) is 5.33. The van der Waals surface area contributed by atoms with E-state index in [9.17, 15) is 4.79 Å². The van der Waals surface area contributed by atoms with Crippen molar-refractivity contribution < 1.29 is 9.21 Å².